The Labute approximate surface area is 165 Å². The quantitative estimate of drug-likeness (QED) is 0.753. The summed E-state index contributed by atoms with van der Waals surface area (Å²) in [6, 6.07) is 15.6. The molecule has 28 heavy (non-hydrogen) atoms. The van der Waals surface area contributed by atoms with Crippen molar-refractivity contribution in [1.82, 2.24) is 0 Å². The minimum atomic E-state index is -0.786. The summed E-state index contributed by atoms with van der Waals surface area (Å²) < 4.78 is 5.47. The Morgan fingerprint density at radius 3 is 2.57 bits per heavy atom. The molecule has 1 fully saturated rings. The summed E-state index contributed by atoms with van der Waals surface area (Å²) in [4.78, 5) is 13.5. The lowest BCUT2D eigenvalue weighted by Gasteiger charge is -2.31. The van der Waals surface area contributed by atoms with Crippen LogP contribution in [0.25, 0.3) is 0 Å². The zero-order valence-corrected chi connectivity index (χ0v) is 16.0. The highest BCUT2D eigenvalue weighted by atomic mass is 16.5. The van der Waals surface area contributed by atoms with Crippen LogP contribution in [0.4, 0.5) is 17.1 Å². The summed E-state index contributed by atoms with van der Waals surface area (Å²) in [6.45, 7) is 5.02. The lowest BCUT2D eigenvalue weighted by molar-refractivity contribution is -0.137. The normalized spacial score (nSPS) is 14.9. The fraction of sp³-hybridized carbons (Fsp3) is 0.364. The van der Waals surface area contributed by atoms with Crippen LogP contribution in [0.5, 0.6) is 0 Å². The molecule has 1 heterocycles. The summed E-state index contributed by atoms with van der Waals surface area (Å²) >= 11 is 0. The predicted molar refractivity (Wildman–Crippen MR) is 109 cm³/mol. The number of rotatable bonds is 7. The average Bonchev–Trinajstić information content (AvgIpc) is 2.73. The second kappa shape index (κ2) is 9.25. The molecule has 6 nitrogen and oxygen atoms in total. The van der Waals surface area contributed by atoms with Crippen LogP contribution in [0.15, 0.2) is 42.5 Å². The van der Waals surface area contributed by atoms with Gasteiger partial charge in [-0.05, 0) is 54.3 Å². The Kier molecular flexibility index (Phi) is 6.51. The summed E-state index contributed by atoms with van der Waals surface area (Å²) in [5, 5.41) is 21.7. The van der Waals surface area contributed by atoms with Crippen molar-refractivity contribution in [2.75, 3.05) is 36.5 Å². The Balaban J connectivity index is 1.94. The van der Waals surface area contributed by atoms with Gasteiger partial charge in [0, 0.05) is 18.8 Å². The van der Waals surface area contributed by atoms with Crippen LogP contribution in [0.3, 0.4) is 0 Å². The first kappa shape index (κ1) is 19.7. The van der Waals surface area contributed by atoms with E-state index in [1.807, 2.05) is 25.1 Å². The maximum absolute atomic E-state index is 11.2. The van der Waals surface area contributed by atoms with Crippen LogP contribution in [-0.2, 0) is 9.53 Å². The number of nitrogens with zero attached hydrogens (tertiary/aromatic N) is 2. The second-order valence-electron chi connectivity index (χ2n) is 6.89. The molecule has 0 amide bonds. The maximum atomic E-state index is 11.2. The summed E-state index contributed by atoms with van der Waals surface area (Å²) in [5.41, 5.74) is 4.52. The van der Waals surface area contributed by atoms with Crippen molar-refractivity contribution in [3.63, 3.8) is 0 Å². The van der Waals surface area contributed by atoms with Gasteiger partial charge in [-0.25, -0.2) is 0 Å². The number of aliphatic carboxylic acids is 1. The molecule has 0 aliphatic carbocycles. The first-order chi connectivity index (χ1) is 13.6. The summed E-state index contributed by atoms with van der Waals surface area (Å²) in [7, 11) is 0. The highest BCUT2D eigenvalue weighted by Gasteiger charge is 2.19. The second-order valence-corrected chi connectivity index (χ2v) is 6.89. The van der Waals surface area contributed by atoms with Gasteiger partial charge in [-0.3, -0.25) is 4.79 Å². The van der Waals surface area contributed by atoms with E-state index in [2.05, 4.69) is 28.4 Å². The van der Waals surface area contributed by atoms with Gasteiger partial charge in [0.2, 0.25) is 0 Å². The van der Waals surface area contributed by atoms with E-state index in [-0.39, 0.29) is 12.3 Å². The van der Waals surface area contributed by atoms with Crippen LogP contribution in [0.2, 0.25) is 0 Å². The third-order valence-electron chi connectivity index (χ3n) is 5.05. The van der Waals surface area contributed by atoms with E-state index in [0.717, 1.165) is 42.1 Å². The molecule has 1 aliphatic heterocycles. The lowest BCUT2D eigenvalue weighted by atomic mass is 9.92. The fourth-order valence-electron chi connectivity index (χ4n) is 3.48. The predicted octanol–water partition coefficient (Wildman–Crippen LogP) is 4.11. The number of benzene rings is 2. The van der Waals surface area contributed by atoms with Gasteiger partial charge in [-0.15, -0.1) is 0 Å². The number of carboxylic acid groups (broad SMARTS) is 1. The topological polar surface area (TPSA) is 85.6 Å². The minimum Gasteiger partial charge on any atom is -0.481 e. The Hall–Kier alpha value is -3.04. The molecular weight excluding hydrogens is 354 g/mol. The molecule has 1 aliphatic rings. The number of hydrogen-bond acceptors (Lipinski definition) is 5. The highest BCUT2D eigenvalue weighted by Crippen LogP contribution is 2.34. The van der Waals surface area contributed by atoms with E-state index in [1.165, 1.54) is 0 Å². The highest BCUT2D eigenvalue weighted by molar-refractivity contribution is 5.77. The molecule has 1 unspecified atom stereocenters. The van der Waals surface area contributed by atoms with Crippen molar-refractivity contribution in [2.24, 2.45) is 0 Å². The lowest BCUT2D eigenvalue weighted by Crippen LogP contribution is -2.36. The molecular formula is C22H25N3O3. The third-order valence-corrected chi connectivity index (χ3v) is 5.05. The number of nitrogens with one attached hydrogen (secondary N) is 1. The molecule has 6 heteroatoms. The van der Waals surface area contributed by atoms with Crippen LogP contribution >= 0.6 is 0 Å². The number of anilines is 3. The van der Waals surface area contributed by atoms with Crippen LogP contribution < -0.4 is 10.2 Å². The van der Waals surface area contributed by atoms with Gasteiger partial charge >= 0.3 is 5.97 Å². The molecule has 0 spiro atoms. The SMILES string of the molecule is CCC(CC(=O)O)c1ccc(N2CCOCC2)c(Nc2ccc(C#N)cc2)c1. The van der Waals surface area contributed by atoms with E-state index in [1.54, 1.807) is 12.1 Å². The summed E-state index contributed by atoms with van der Waals surface area (Å²) in [5.74, 6) is -0.816. The molecule has 1 atom stereocenters. The number of morpholine rings is 1. The van der Waals surface area contributed by atoms with Gasteiger partial charge in [0.05, 0.1) is 42.6 Å². The molecule has 2 N–H and O–H groups in total. The van der Waals surface area contributed by atoms with Gasteiger partial charge in [0.1, 0.15) is 0 Å². The molecule has 1 saturated heterocycles. The zero-order chi connectivity index (χ0) is 19.9. The number of ether oxygens (including phenoxy) is 1. The van der Waals surface area contributed by atoms with E-state index in [0.29, 0.717) is 18.8 Å². The Bertz CT molecular complexity index is 852. The molecule has 146 valence electrons. The van der Waals surface area contributed by atoms with Crippen LogP contribution in [0, 0.1) is 11.3 Å². The maximum Gasteiger partial charge on any atom is 0.303 e. The molecule has 0 saturated carbocycles. The third kappa shape index (κ3) is 4.81. The first-order valence-corrected chi connectivity index (χ1v) is 9.56. The monoisotopic (exact) mass is 379 g/mol. The molecule has 2 aromatic carbocycles. The minimum absolute atomic E-state index is 0.0299. The van der Waals surface area contributed by atoms with Gasteiger partial charge in [0.15, 0.2) is 0 Å². The number of carboxylic acids is 1. The molecule has 0 aromatic heterocycles. The fourth-order valence-corrected chi connectivity index (χ4v) is 3.48. The average molecular weight is 379 g/mol. The van der Waals surface area contributed by atoms with E-state index in [9.17, 15) is 9.90 Å². The van der Waals surface area contributed by atoms with Gasteiger partial charge in [0.25, 0.3) is 0 Å². The largest absolute Gasteiger partial charge is 0.481 e. The molecule has 2 aromatic rings. The van der Waals surface area contributed by atoms with Crippen molar-refractivity contribution < 1.29 is 14.6 Å². The van der Waals surface area contributed by atoms with Crippen molar-refractivity contribution in [1.29, 1.82) is 5.26 Å². The first-order valence-electron chi connectivity index (χ1n) is 9.56. The van der Waals surface area contributed by atoms with E-state index >= 15 is 0 Å². The summed E-state index contributed by atoms with van der Waals surface area (Å²) in [6.07, 6.45) is 0.878. The smallest absolute Gasteiger partial charge is 0.303 e. The van der Waals surface area contributed by atoms with Crippen molar-refractivity contribution in [3.05, 3.63) is 53.6 Å². The van der Waals surface area contributed by atoms with Gasteiger partial charge in [-0.1, -0.05) is 13.0 Å². The van der Waals surface area contributed by atoms with E-state index < -0.39 is 5.97 Å². The van der Waals surface area contributed by atoms with Gasteiger partial charge < -0.3 is 20.1 Å². The zero-order valence-electron chi connectivity index (χ0n) is 16.0. The molecule has 0 radical (unpaired) electrons. The van der Waals surface area contributed by atoms with Gasteiger partial charge in [-0.2, -0.15) is 5.26 Å². The van der Waals surface area contributed by atoms with Crippen LogP contribution in [-0.4, -0.2) is 37.4 Å². The molecule has 3 rings (SSSR count). The van der Waals surface area contributed by atoms with Crippen molar-refractivity contribution in [3.8, 4) is 6.07 Å². The van der Waals surface area contributed by atoms with Crippen LogP contribution in [0.1, 0.15) is 36.8 Å². The number of hydrogen-bond donors (Lipinski definition) is 2. The van der Waals surface area contributed by atoms with E-state index in [4.69, 9.17) is 10.00 Å². The molecule has 0 bridgehead atoms. The Morgan fingerprint density at radius 2 is 1.96 bits per heavy atom. The number of nitriles is 1. The standard InChI is InChI=1S/C22H25N3O3/c1-2-17(14-22(26)27)18-5-8-21(25-9-11-28-12-10-25)20(13-18)24-19-6-3-16(15-23)4-7-19/h3-8,13,17,24H,2,9-12,14H2,1H3,(H,26,27). The number of carbonyl (C=O) groups is 1. The van der Waals surface area contributed by atoms with Crippen molar-refractivity contribution in [2.45, 2.75) is 25.7 Å². The van der Waals surface area contributed by atoms with Crippen molar-refractivity contribution >= 4 is 23.0 Å². The Morgan fingerprint density at radius 1 is 1.25 bits per heavy atom.